The van der Waals surface area contributed by atoms with Gasteiger partial charge >= 0.3 is 0 Å². The molecule has 0 unspecified atom stereocenters. The minimum Gasteiger partial charge on any atom is -0.496 e. The molecule has 0 aliphatic heterocycles. The first-order chi connectivity index (χ1) is 10.1. The number of anilines is 1. The van der Waals surface area contributed by atoms with Gasteiger partial charge in [-0.1, -0.05) is 6.07 Å². The standard InChI is InChI=1S/C16H19N3O2/c1-10-7-8-11(9-14(10)21-3)16(20)17-15-12-5-4-6-13(12)18-19(15)2/h7-9H,4-6H2,1-3H3,(H,17,20). The Morgan fingerprint density at radius 1 is 1.38 bits per heavy atom. The maximum atomic E-state index is 12.4. The van der Waals surface area contributed by atoms with Gasteiger partial charge in [0, 0.05) is 18.2 Å². The van der Waals surface area contributed by atoms with Gasteiger partial charge in [-0.3, -0.25) is 9.48 Å². The Kier molecular flexibility index (Phi) is 3.41. The van der Waals surface area contributed by atoms with Crippen LogP contribution in [0.4, 0.5) is 5.82 Å². The van der Waals surface area contributed by atoms with Crippen LogP contribution in [0.2, 0.25) is 0 Å². The SMILES string of the molecule is COc1cc(C(=O)Nc2c3c(nn2C)CCC3)ccc1C. The number of nitrogens with one attached hydrogen (secondary N) is 1. The molecule has 3 rings (SSSR count). The largest absolute Gasteiger partial charge is 0.496 e. The lowest BCUT2D eigenvalue weighted by atomic mass is 10.1. The van der Waals surface area contributed by atoms with Crippen molar-refractivity contribution in [2.75, 3.05) is 12.4 Å². The molecule has 0 spiro atoms. The highest BCUT2D eigenvalue weighted by Crippen LogP contribution is 2.28. The number of aromatic nitrogens is 2. The summed E-state index contributed by atoms with van der Waals surface area (Å²) in [5, 5.41) is 7.45. The highest BCUT2D eigenvalue weighted by Gasteiger charge is 2.22. The van der Waals surface area contributed by atoms with Crippen LogP contribution in [0.5, 0.6) is 5.75 Å². The van der Waals surface area contributed by atoms with Crippen molar-refractivity contribution < 1.29 is 9.53 Å². The zero-order valence-corrected chi connectivity index (χ0v) is 12.6. The predicted molar refractivity (Wildman–Crippen MR) is 80.9 cm³/mol. The topological polar surface area (TPSA) is 56.1 Å². The second-order valence-electron chi connectivity index (χ2n) is 5.39. The summed E-state index contributed by atoms with van der Waals surface area (Å²) in [4.78, 5) is 12.4. The van der Waals surface area contributed by atoms with E-state index >= 15 is 0 Å². The van der Waals surface area contributed by atoms with Gasteiger partial charge in [0.05, 0.1) is 12.8 Å². The Bertz CT molecular complexity index is 704. The summed E-state index contributed by atoms with van der Waals surface area (Å²) in [6.07, 6.45) is 3.09. The second kappa shape index (κ2) is 5.24. The summed E-state index contributed by atoms with van der Waals surface area (Å²) in [6, 6.07) is 5.46. The average molecular weight is 285 g/mol. The Hall–Kier alpha value is -2.30. The van der Waals surface area contributed by atoms with E-state index < -0.39 is 0 Å². The molecule has 0 atom stereocenters. The first-order valence-corrected chi connectivity index (χ1v) is 7.11. The van der Waals surface area contributed by atoms with Crippen molar-refractivity contribution in [2.45, 2.75) is 26.2 Å². The molecule has 1 heterocycles. The molecule has 0 radical (unpaired) electrons. The first kappa shape index (κ1) is 13.7. The minimum absolute atomic E-state index is 0.133. The molecule has 0 saturated heterocycles. The van der Waals surface area contributed by atoms with Gasteiger partial charge < -0.3 is 10.1 Å². The normalized spacial score (nSPS) is 13.1. The smallest absolute Gasteiger partial charge is 0.256 e. The third-order valence-corrected chi connectivity index (χ3v) is 3.97. The summed E-state index contributed by atoms with van der Waals surface area (Å²) in [6.45, 7) is 1.95. The van der Waals surface area contributed by atoms with Crippen molar-refractivity contribution in [1.82, 2.24) is 9.78 Å². The van der Waals surface area contributed by atoms with Crippen LogP contribution < -0.4 is 10.1 Å². The van der Waals surface area contributed by atoms with Gasteiger partial charge in [-0.15, -0.1) is 0 Å². The molecular formula is C16H19N3O2. The quantitative estimate of drug-likeness (QED) is 0.942. The highest BCUT2D eigenvalue weighted by atomic mass is 16.5. The number of aryl methyl sites for hydroxylation is 3. The lowest BCUT2D eigenvalue weighted by molar-refractivity contribution is 0.102. The van der Waals surface area contributed by atoms with Crippen LogP contribution in [-0.2, 0) is 19.9 Å². The number of rotatable bonds is 3. The highest BCUT2D eigenvalue weighted by molar-refractivity contribution is 6.04. The summed E-state index contributed by atoms with van der Waals surface area (Å²) in [5.74, 6) is 1.40. The Morgan fingerprint density at radius 2 is 2.19 bits per heavy atom. The second-order valence-corrected chi connectivity index (χ2v) is 5.39. The van der Waals surface area contributed by atoms with Crippen molar-refractivity contribution >= 4 is 11.7 Å². The number of carbonyl (C=O) groups excluding carboxylic acids is 1. The van der Waals surface area contributed by atoms with Crippen LogP contribution in [0.3, 0.4) is 0 Å². The van der Waals surface area contributed by atoms with Gasteiger partial charge in [-0.2, -0.15) is 5.10 Å². The van der Waals surface area contributed by atoms with Crippen molar-refractivity contribution in [3.8, 4) is 5.75 Å². The number of methoxy groups -OCH3 is 1. The molecule has 2 aromatic rings. The van der Waals surface area contributed by atoms with E-state index in [1.807, 2.05) is 26.1 Å². The van der Waals surface area contributed by atoms with Gasteiger partial charge in [0.2, 0.25) is 0 Å². The molecule has 1 aromatic carbocycles. The lowest BCUT2D eigenvalue weighted by Crippen LogP contribution is -2.16. The van der Waals surface area contributed by atoms with Crippen molar-refractivity contribution in [2.24, 2.45) is 7.05 Å². The Balaban J connectivity index is 1.87. The predicted octanol–water partition coefficient (Wildman–Crippen LogP) is 2.48. The fourth-order valence-electron chi connectivity index (χ4n) is 2.82. The summed E-state index contributed by atoms with van der Waals surface area (Å²) < 4.78 is 7.03. The third kappa shape index (κ3) is 2.39. The molecule has 0 saturated carbocycles. The van der Waals surface area contributed by atoms with Crippen LogP contribution in [-0.4, -0.2) is 22.8 Å². The first-order valence-electron chi connectivity index (χ1n) is 7.11. The molecule has 5 nitrogen and oxygen atoms in total. The Morgan fingerprint density at radius 3 is 2.95 bits per heavy atom. The number of nitrogens with zero attached hydrogens (tertiary/aromatic N) is 2. The van der Waals surface area contributed by atoms with Crippen LogP contribution in [0, 0.1) is 6.92 Å². The number of hydrogen-bond donors (Lipinski definition) is 1. The summed E-state index contributed by atoms with van der Waals surface area (Å²) >= 11 is 0. The van der Waals surface area contributed by atoms with Gasteiger partial charge in [0.1, 0.15) is 11.6 Å². The van der Waals surface area contributed by atoms with E-state index in [1.54, 1.807) is 17.9 Å². The van der Waals surface area contributed by atoms with E-state index in [4.69, 9.17) is 4.74 Å². The molecule has 21 heavy (non-hydrogen) atoms. The zero-order valence-electron chi connectivity index (χ0n) is 12.6. The van der Waals surface area contributed by atoms with Crippen LogP contribution in [0.25, 0.3) is 0 Å². The molecule has 1 N–H and O–H groups in total. The molecule has 5 heteroatoms. The molecule has 1 aromatic heterocycles. The maximum Gasteiger partial charge on any atom is 0.256 e. The van der Waals surface area contributed by atoms with Crippen molar-refractivity contribution in [3.63, 3.8) is 0 Å². The van der Waals surface area contributed by atoms with Crippen LogP contribution in [0.15, 0.2) is 18.2 Å². The molecule has 1 aliphatic rings. The van der Waals surface area contributed by atoms with E-state index in [0.29, 0.717) is 5.56 Å². The Labute approximate surface area is 123 Å². The fourth-order valence-corrected chi connectivity index (χ4v) is 2.82. The summed E-state index contributed by atoms with van der Waals surface area (Å²) in [5.41, 5.74) is 3.88. The van der Waals surface area contributed by atoms with E-state index in [2.05, 4.69) is 10.4 Å². The van der Waals surface area contributed by atoms with Crippen molar-refractivity contribution in [1.29, 1.82) is 0 Å². The zero-order chi connectivity index (χ0) is 15.0. The minimum atomic E-state index is -0.133. The number of carbonyl (C=O) groups is 1. The fraction of sp³-hybridized carbons (Fsp3) is 0.375. The molecule has 0 fully saturated rings. The van der Waals surface area contributed by atoms with Crippen LogP contribution >= 0.6 is 0 Å². The van der Waals surface area contributed by atoms with E-state index in [9.17, 15) is 4.79 Å². The summed E-state index contributed by atoms with van der Waals surface area (Å²) in [7, 11) is 3.47. The molecule has 1 aliphatic carbocycles. The number of amides is 1. The maximum absolute atomic E-state index is 12.4. The van der Waals surface area contributed by atoms with Crippen molar-refractivity contribution in [3.05, 3.63) is 40.6 Å². The van der Waals surface area contributed by atoms with Gasteiger partial charge in [0.25, 0.3) is 5.91 Å². The van der Waals surface area contributed by atoms with E-state index in [1.165, 1.54) is 5.56 Å². The van der Waals surface area contributed by atoms with Gasteiger partial charge in [0.15, 0.2) is 0 Å². The van der Waals surface area contributed by atoms with E-state index in [-0.39, 0.29) is 5.91 Å². The number of hydrogen-bond acceptors (Lipinski definition) is 3. The van der Waals surface area contributed by atoms with E-state index in [0.717, 1.165) is 42.1 Å². The molecule has 110 valence electrons. The van der Waals surface area contributed by atoms with Gasteiger partial charge in [-0.05, 0) is 43.9 Å². The molecular weight excluding hydrogens is 266 g/mol. The monoisotopic (exact) mass is 285 g/mol. The number of fused-ring (bicyclic) bond motifs is 1. The number of benzene rings is 1. The third-order valence-electron chi connectivity index (χ3n) is 3.97. The van der Waals surface area contributed by atoms with Gasteiger partial charge in [-0.25, -0.2) is 0 Å². The lowest BCUT2D eigenvalue weighted by Gasteiger charge is -2.10. The number of ether oxygens (including phenoxy) is 1. The average Bonchev–Trinajstić information content (AvgIpc) is 3.02. The molecule has 0 bridgehead atoms. The van der Waals surface area contributed by atoms with Crippen LogP contribution in [0.1, 0.15) is 33.6 Å². The molecule has 1 amide bonds.